The second kappa shape index (κ2) is 4.53. The molecule has 1 aliphatic rings. The number of fused-ring (bicyclic) bond motifs is 1. The number of nitrogens with zero attached hydrogens (tertiary/aromatic N) is 5. The predicted molar refractivity (Wildman–Crippen MR) is 67.6 cm³/mol. The Morgan fingerprint density at radius 1 is 1.39 bits per heavy atom. The highest BCUT2D eigenvalue weighted by Crippen LogP contribution is 2.28. The van der Waals surface area contributed by atoms with Gasteiger partial charge in [0.15, 0.2) is 11.5 Å². The fraction of sp³-hybridized carbons (Fsp3) is 0.583. The van der Waals surface area contributed by atoms with E-state index in [0.29, 0.717) is 12.6 Å². The van der Waals surface area contributed by atoms with Crippen molar-refractivity contribution in [1.82, 2.24) is 19.8 Å². The van der Waals surface area contributed by atoms with Gasteiger partial charge in [-0.25, -0.2) is 0 Å². The summed E-state index contributed by atoms with van der Waals surface area (Å²) in [6.45, 7) is 2.66. The van der Waals surface area contributed by atoms with Crippen LogP contribution in [0.25, 0.3) is 5.65 Å². The van der Waals surface area contributed by atoms with E-state index in [-0.39, 0.29) is 6.61 Å². The number of hydrogen-bond donors (Lipinski definition) is 1. The van der Waals surface area contributed by atoms with E-state index < -0.39 is 0 Å². The van der Waals surface area contributed by atoms with Crippen molar-refractivity contribution >= 4 is 11.5 Å². The van der Waals surface area contributed by atoms with Gasteiger partial charge in [0.1, 0.15) is 5.82 Å². The number of rotatable bonds is 4. The maximum atomic E-state index is 9.19. The average molecular weight is 247 g/mol. The van der Waals surface area contributed by atoms with E-state index in [0.717, 1.165) is 17.3 Å². The van der Waals surface area contributed by atoms with Crippen LogP contribution in [0.5, 0.6) is 0 Å². The van der Waals surface area contributed by atoms with Gasteiger partial charge in [0.05, 0.1) is 6.61 Å². The highest BCUT2D eigenvalue weighted by Gasteiger charge is 2.26. The van der Waals surface area contributed by atoms with Gasteiger partial charge in [-0.15, -0.1) is 15.3 Å². The maximum Gasteiger partial charge on any atom is 0.178 e. The van der Waals surface area contributed by atoms with Crippen molar-refractivity contribution in [1.29, 1.82) is 0 Å². The van der Waals surface area contributed by atoms with E-state index in [1.54, 1.807) is 4.52 Å². The lowest BCUT2D eigenvalue weighted by molar-refractivity contribution is 0.282. The average Bonchev–Trinajstić information content (AvgIpc) is 2.68. The van der Waals surface area contributed by atoms with Crippen molar-refractivity contribution in [3.63, 3.8) is 0 Å². The van der Waals surface area contributed by atoms with Gasteiger partial charge in [0.25, 0.3) is 0 Å². The van der Waals surface area contributed by atoms with Crippen molar-refractivity contribution in [2.24, 2.45) is 0 Å². The largest absolute Gasteiger partial charge is 0.395 e. The molecule has 0 amide bonds. The predicted octanol–water partition coefficient (Wildman–Crippen LogP) is 0.784. The molecule has 3 rings (SSSR count). The summed E-state index contributed by atoms with van der Waals surface area (Å²) in [4.78, 5) is 2.18. The molecule has 0 saturated heterocycles. The summed E-state index contributed by atoms with van der Waals surface area (Å²) < 4.78 is 1.75. The lowest BCUT2D eigenvalue weighted by Gasteiger charge is -2.37. The Balaban J connectivity index is 1.96. The zero-order valence-corrected chi connectivity index (χ0v) is 10.5. The van der Waals surface area contributed by atoms with Crippen LogP contribution in [0.2, 0.25) is 0 Å². The molecular formula is C12H17N5O. The zero-order valence-electron chi connectivity index (χ0n) is 10.5. The zero-order chi connectivity index (χ0) is 12.5. The van der Waals surface area contributed by atoms with Crippen molar-refractivity contribution < 1.29 is 5.11 Å². The van der Waals surface area contributed by atoms with Crippen molar-refractivity contribution in [3.05, 3.63) is 18.0 Å². The molecule has 0 aliphatic heterocycles. The number of anilines is 1. The van der Waals surface area contributed by atoms with E-state index in [4.69, 9.17) is 0 Å². The molecule has 0 aromatic carbocycles. The summed E-state index contributed by atoms with van der Waals surface area (Å²) in [6.07, 6.45) is 3.63. The molecule has 1 aliphatic carbocycles. The van der Waals surface area contributed by atoms with Gasteiger partial charge in [0, 0.05) is 12.6 Å². The summed E-state index contributed by atoms with van der Waals surface area (Å²) in [5.74, 6) is 1.67. The number of aliphatic hydroxyl groups is 1. The molecule has 1 fully saturated rings. The van der Waals surface area contributed by atoms with Gasteiger partial charge in [-0.1, -0.05) is 0 Å². The van der Waals surface area contributed by atoms with E-state index in [1.165, 1.54) is 19.3 Å². The standard InChI is InChI=1S/C12H17N5O/c1-9-13-14-11-5-6-12(15-17(9)11)16(7-8-18)10-3-2-4-10/h5-6,10,18H,2-4,7-8H2,1H3. The third-order valence-electron chi connectivity index (χ3n) is 3.56. The van der Waals surface area contributed by atoms with E-state index in [9.17, 15) is 5.11 Å². The Morgan fingerprint density at radius 3 is 2.89 bits per heavy atom. The molecule has 0 unspecified atom stereocenters. The molecule has 96 valence electrons. The molecule has 2 aromatic heterocycles. The monoisotopic (exact) mass is 247 g/mol. The smallest absolute Gasteiger partial charge is 0.178 e. The van der Waals surface area contributed by atoms with Crippen LogP contribution >= 0.6 is 0 Å². The minimum Gasteiger partial charge on any atom is -0.395 e. The van der Waals surface area contributed by atoms with Gasteiger partial charge in [-0.3, -0.25) is 0 Å². The summed E-state index contributed by atoms with van der Waals surface area (Å²) in [6, 6.07) is 4.39. The van der Waals surface area contributed by atoms with Crippen LogP contribution in [-0.4, -0.2) is 44.1 Å². The summed E-state index contributed by atoms with van der Waals surface area (Å²) in [7, 11) is 0. The highest BCUT2D eigenvalue weighted by molar-refractivity contribution is 5.46. The van der Waals surface area contributed by atoms with Gasteiger partial charge in [0.2, 0.25) is 0 Å². The first kappa shape index (κ1) is 11.4. The van der Waals surface area contributed by atoms with Crippen molar-refractivity contribution in [3.8, 4) is 0 Å². The Morgan fingerprint density at radius 2 is 2.22 bits per heavy atom. The molecule has 6 heteroatoms. The minimum atomic E-state index is 0.150. The normalized spacial score (nSPS) is 15.9. The van der Waals surface area contributed by atoms with Crippen molar-refractivity contribution in [2.45, 2.75) is 32.2 Å². The summed E-state index contributed by atoms with van der Waals surface area (Å²) in [5, 5.41) is 21.8. The van der Waals surface area contributed by atoms with E-state index >= 15 is 0 Å². The Kier molecular flexibility index (Phi) is 2.87. The summed E-state index contributed by atoms with van der Waals surface area (Å²) >= 11 is 0. The van der Waals surface area contributed by atoms with Gasteiger partial charge in [-0.05, 0) is 38.3 Å². The van der Waals surface area contributed by atoms with E-state index in [1.807, 2.05) is 19.1 Å². The number of hydrogen-bond acceptors (Lipinski definition) is 5. The van der Waals surface area contributed by atoms with Crippen LogP contribution in [0.1, 0.15) is 25.1 Å². The van der Waals surface area contributed by atoms with Crippen LogP contribution in [0.3, 0.4) is 0 Å². The molecule has 0 spiro atoms. The van der Waals surface area contributed by atoms with Gasteiger partial charge >= 0.3 is 0 Å². The third-order valence-corrected chi connectivity index (χ3v) is 3.56. The Labute approximate surface area is 105 Å². The molecule has 2 heterocycles. The SMILES string of the molecule is Cc1nnc2ccc(N(CCO)C3CCC3)nn12. The Bertz CT molecular complexity index is 548. The molecule has 0 atom stereocenters. The lowest BCUT2D eigenvalue weighted by Crippen LogP contribution is -2.42. The second-order valence-corrected chi connectivity index (χ2v) is 4.71. The first-order valence-electron chi connectivity index (χ1n) is 6.36. The van der Waals surface area contributed by atoms with Gasteiger partial charge < -0.3 is 10.0 Å². The molecule has 6 nitrogen and oxygen atoms in total. The molecule has 0 bridgehead atoms. The van der Waals surface area contributed by atoms with E-state index in [2.05, 4.69) is 20.2 Å². The first-order valence-corrected chi connectivity index (χ1v) is 6.36. The Hall–Kier alpha value is -1.69. The molecule has 18 heavy (non-hydrogen) atoms. The molecular weight excluding hydrogens is 230 g/mol. The van der Waals surface area contributed by atoms with Crippen LogP contribution in [0, 0.1) is 6.92 Å². The number of aryl methyl sites for hydroxylation is 1. The van der Waals surface area contributed by atoms with Crippen LogP contribution in [0.4, 0.5) is 5.82 Å². The fourth-order valence-corrected chi connectivity index (χ4v) is 2.33. The molecule has 2 aromatic rings. The fourth-order valence-electron chi connectivity index (χ4n) is 2.33. The lowest BCUT2D eigenvalue weighted by atomic mass is 9.91. The molecule has 0 radical (unpaired) electrons. The highest BCUT2D eigenvalue weighted by atomic mass is 16.3. The molecule has 1 N–H and O–H groups in total. The number of aromatic nitrogens is 4. The van der Waals surface area contributed by atoms with Crippen LogP contribution < -0.4 is 4.90 Å². The third kappa shape index (κ3) is 1.82. The van der Waals surface area contributed by atoms with Gasteiger partial charge in [-0.2, -0.15) is 4.52 Å². The maximum absolute atomic E-state index is 9.19. The second-order valence-electron chi connectivity index (χ2n) is 4.71. The number of aliphatic hydroxyl groups excluding tert-OH is 1. The minimum absolute atomic E-state index is 0.150. The van der Waals surface area contributed by atoms with Crippen molar-refractivity contribution in [2.75, 3.05) is 18.1 Å². The quantitative estimate of drug-likeness (QED) is 0.865. The topological polar surface area (TPSA) is 66.5 Å². The molecule has 1 saturated carbocycles. The summed E-state index contributed by atoms with van der Waals surface area (Å²) in [5.41, 5.74) is 0.758. The van der Waals surface area contributed by atoms with Crippen LogP contribution in [0.15, 0.2) is 12.1 Å². The van der Waals surface area contributed by atoms with Crippen LogP contribution in [-0.2, 0) is 0 Å². The first-order chi connectivity index (χ1) is 8.79.